The molecule has 0 amide bonds. The van der Waals surface area contributed by atoms with E-state index in [2.05, 4.69) is 170 Å². The molecule has 0 bridgehead atoms. The Kier molecular flexibility index (Phi) is 8.35. The number of benzene rings is 2. The monoisotopic (exact) mass is 1010 g/mol. The van der Waals surface area contributed by atoms with Gasteiger partial charge in [0, 0.05) is 41.6 Å². The van der Waals surface area contributed by atoms with Gasteiger partial charge >= 0.3 is 0 Å². The molecule has 0 radical (unpaired) electrons. The maximum atomic E-state index is 5.96. The molecule has 3 nitrogen and oxygen atoms in total. The lowest BCUT2D eigenvalue weighted by molar-refractivity contribution is 0.113. The molecule has 1 fully saturated rings. The highest BCUT2D eigenvalue weighted by Gasteiger charge is 2.36. The maximum Gasteiger partial charge on any atom is 0.210 e. The van der Waals surface area contributed by atoms with Crippen LogP contribution in [0.4, 0.5) is 11.4 Å². The molecule has 0 aliphatic carbocycles. The van der Waals surface area contributed by atoms with Crippen LogP contribution in [0.15, 0.2) is 24.3 Å². The van der Waals surface area contributed by atoms with Crippen molar-refractivity contribution in [1.29, 1.82) is 0 Å². The summed E-state index contributed by atoms with van der Waals surface area (Å²) in [5.74, 6) is 0. The zero-order chi connectivity index (χ0) is 18.3. The van der Waals surface area contributed by atoms with Crippen molar-refractivity contribution < 1.29 is 4.74 Å². The first kappa shape index (κ1) is 22.1. The van der Waals surface area contributed by atoms with Crippen molar-refractivity contribution in [3.8, 4) is 0 Å². The molecule has 1 saturated heterocycles. The zero-order valence-corrected chi connectivity index (χ0v) is 25.8. The minimum atomic E-state index is -0.0933. The standard InChI is InChI=1S/C16H12I6N2O/c1-25-16-23(14-10(19)4-8(17)5-11(14)20)2-3-24(16)15-12(21)6-9(18)7-13(15)22/h4-7,16H,2-3H2,1H3. The number of methoxy groups -OCH3 is 1. The summed E-state index contributed by atoms with van der Waals surface area (Å²) in [5.41, 5.74) is 2.54. The molecule has 134 valence electrons. The first-order chi connectivity index (χ1) is 11.8. The third kappa shape index (κ3) is 4.76. The summed E-state index contributed by atoms with van der Waals surface area (Å²) in [4.78, 5) is 4.76. The van der Waals surface area contributed by atoms with Gasteiger partial charge in [0.25, 0.3) is 0 Å². The molecule has 0 aromatic heterocycles. The van der Waals surface area contributed by atoms with Gasteiger partial charge in [0.2, 0.25) is 6.35 Å². The van der Waals surface area contributed by atoms with Crippen LogP contribution in [0.25, 0.3) is 0 Å². The Balaban J connectivity index is 2.03. The molecule has 3 rings (SSSR count). The molecule has 1 aliphatic rings. The molecule has 2 aromatic rings. The van der Waals surface area contributed by atoms with E-state index in [1.165, 1.54) is 32.8 Å². The lowest BCUT2D eigenvalue weighted by Gasteiger charge is -2.33. The lowest BCUT2D eigenvalue weighted by atomic mass is 10.3. The largest absolute Gasteiger partial charge is 0.344 e. The van der Waals surface area contributed by atoms with E-state index in [9.17, 15) is 0 Å². The van der Waals surface area contributed by atoms with E-state index in [4.69, 9.17) is 4.74 Å². The molecule has 1 heterocycles. The van der Waals surface area contributed by atoms with Crippen molar-refractivity contribution >= 4 is 147 Å². The molecular formula is C16H12I6N2O. The van der Waals surface area contributed by atoms with Crippen molar-refractivity contribution in [3.05, 3.63) is 45.7 Å². The molecule has 0 spiro atoms. The highest BCUT2D eigenvalue weighted by Crippen LogP contribution is 2.39. The molecule has 1 aliphatic heterocycles. The summed E-state index contributed by atoms with van der Waals surface area (Å²) in [5, 5.41) is 0. The van der Waals surface area contributed by atoms with Gasteiger partial charge in [-0.25, -0.2) is 0 Å². The van der Waals surface area contributed by atoms with Crippen LogP contribution in [0.1, 0.15) is 0 Å². The molecule has 0 saturated carbocycles. The number of halogens is 6. The number of hydrogen-bond donors (Lipinski definition) is 0. The second-order valence-corrected chi connectivity index (χ2v) is 12.5. The average Bonchev–Trinajstić information content (AvgIpc) is 2.88. The van der Waals surface area contributed by atoms with E-state index in [1.54, 1.807) is 7.11 Å². The predicted molar refractivity (Wildman–Crippen MR) is 155 cm³/mol. The summed E-state index contributed by atoms with van der Waals surface area (Å²) in [7, 11) is 1.80. The number of rotatable bonds is 3. The molecule has 9 heteroatoms. The number of ether oxygens (including phenoxy) is 1. The van der Waals surface area contributed by atoms with Crippen LogP contribution in [0.3, 0.4) is 0 Å². The second kappa shape index (κ2) is 9.46. The number of anilines is 2. The Labute approximate surface area is 229 Å². The minimum Gasteiger partial charge on any atom is -0.344 e. The fourth-order valence-corrected chi connectivity index (χ4v) is 11.3. The first-order valence-corrected chi connectivity index (χ1v) is 13.7. The Morgan fingerprint density at radius 2 is 1.04 bits per heavy atom. The molecule has 2 aromatic carbocycles. The van der Waals surface area contributed by atoms with Gasteiger partial charge in [-0.2, -0.15) is 0 Å². The summed E-state index contributed by atoms with van der Waals surface area (Å²) >= 11 is 14.5. The molecule has 0 unspecified atom stereocenters. The van der Waals surface area contributed by atoms with Crippen LogP contribution < -0.4 is 9.80 Å². The fraction of sp³-hybridized carbons (Fsp3) is 0.250. The van der Waals surface area contributed by atoms with Gasteiger partial charge in [-0.1, -0.05) is 0 Å². The molecule has 0 N–H and O–H groups in total. The quantitative estimate of drug-likeness (QED) is 0.324. The van der Waals surface area contributed by atoms with Crippen LogP contribution in [0.2, 0.25) is 0 Å². The van der Waals surface area contributed by atoms with Gasteiger partial charge in [-0.05, 0) is 160 Å². The molecule has 25 heavy (non-hydrogen) atoms. The van der Waals surface area contributed by atoms with Crippen LogP contribution in [0, 0.1) is 21.4 Å². The normalized spacial score (nSPS) is 15.3. The molecular weight excluding hydrogens is 998 g/mol. The first-order valence-electron chi connectivity index (χ1n) is 7.18. The van der Waals surface area contributed by atoms with Crippen molar-refractivity contribution in [2.24, 2.45) is 0 Å². The predicted octanol–water partition coefficient (Wildman–Crippen LogP) is 6.57. The third-order valence-corrected chi connectivity index (χ3v) is 8.40. The van der Waals surface area contributed by atoms with E-state index in [1.807, 2.05) is 0 Å². The highest BCUT2D eigenvalue weighted by molar-refractivity contribution is 14.1. The maximum absolute atomic E-state index is 5.96. The Hall–Kier alpha value is 2.38. The number of nitrogens with zero attached hydrogens (tertiary/aromatic N) is 2. The zero-order valence-electron chi connectivity index (χ0n) is 12.9. The summed E-state index contributed by atoms with van der Waals surface area (Å²) in [6.45, 7) is 1.90. The van der Waals surface area contributed by atoms with Crippen LogP contribution in [-0.2, 0) is 4.74 Å². The lowest BCUT2D eigenvalue weighted by Crippen LogP contribution is -2.41. The Morgan fingerprint density at radius 1 is 0.720 bits per heavy atom. The average molecular weight is 1010 g/mol. The topological polar surface area (TPSA) is 15.7 Å². The Morgan fingerprint density at radius 3 is 1.32 bits per heavy atom. The summed E-state index contributed by atoms with van der Waals surface area (Å²) in [6, 6.07) is 8.91. The third-order valence-electron chi connectivity index (χ3n) is 3.86. The van der Waals surface area contributed by atoms with Crippen molar-refractivity contribution in [1.82, 2.24) is 0 Å². The van der Waals surface area contributed by atoms with Crippen molar-refractivity contribution in [2.75, 3.05) is 30.0 Å². The van der Waals surface area contributed by atoms with E-state index in [-0.39, 0.29) is 6.35 Å². The number of hydrogen-bond acceptors (Lipinski definition) is 3. The molecule has 0 atom stereocenters. The minimum absolute atomic E-state index is 0.0933. The fourth-order valence-electron chi connectivity index (χ4n) is 2.92. The van der Waals surface area contributed by atoms with Gasteiger partial charge in [0.15, 0.2) is 0 Å². The van der Waals surface area contributed by atoms with E-state index >= 15 is 0 Å². The SMILES string of the molecule is COC1N(c2c(I)cc(I)cc2I)CCN1c1c(I)cc(I)cc1I. The van der Waals surface area contributed by atoms with Gasteiger partial charge in [-0.15, -0.1) is 0 Å². The van der Waals surface area contributed by atoms with Gasteiger partial charge < -0.3 is 14.5 Å². The van der Waals surface area contributed by atoms with Gasteiger partial charge in [0.05, 0.1) is 11.4 Å². The van der Waals surface area contributed by atoms with Crippen LogP contribution in [-0.4, -0.2) is 26.6 Å². The van der Waals surface area contributed by atoms with Crippen LogP contribution >= 0.6 is 136 Å². The van der Waals surface area contributed by atoms with E-state index in [0.29, 0.717) is 0 Å². The second-order valence-electron chi connectivity index (χ2n) is 5.38. The summed E-state index contributed by atoms with van der Waals surface area (Å²) in [6.07, 6.45) is -0.0933. The van der Waals surface area contributed by atoms with E-state index < -0.39 is 0 Å². The smallest absolute Gasteiger partial charge is 0.210 e. The Bertz CT molecular complexity index is 704. The van der Waals surface area contributed by atoms with Gasteiger partial charge in [0.1, 0.15) is 0 Å². The van der Waals surface area contributed by atoms with E-state index in [0.717, 1.165) is 13.1 Å². The van der Waals surface area contributed by atoms with Crippen molar-refractivity contribution in [2.45, 2.75) is 6.35 Å². The highest BCUT2D eigenvalue weighted by atomic mass is 127. The van der Waals surface area contributed by atoms with Crippen LogP contribution in [0.5, 0.6) is 0 Å². The van der Waals surface area contributed by atoms with Crippen molar-refractivity contribution in [3.63, 3.8) is 0 Å². The summed E-state index contributed by atoms with van der Waals surface area (Å²) < 4.78 is 13.6. The van der Waals surface area contributed by atoms with Gasteiger partial charge in [-0.3, -0.25) is 0 Å².